The highest BCUT2D eigenvalue weighted by Crippen LogP contribution is 2.24. The second-order valence-corrected chi connectivity index (χ2v) is 6.82. The molecule has 2 heterocycles. The Morgan fingerprint density at radius 3 is 2.69 bits per heavy atom. The summed E-state index contributed by atoms with van der Waals surface area (Å²) in [5.74, 6) is 1.24. The summed E-state index contributed by atoms with van der Waals surface area (Å²) in [6.07, 6.45) is 0. The molecule has 0 aliphatic carbocycles. The lowest BCUT2D eigenvalue weighted by atomic mass is 10.1. The summed E-state index contributed by atoms with van der Waals surface area (Å²) in [5.41, 5.74) is 2.10. The normalized spacial score (nSPS) is 16.5. The molecule has 1 fully saturated rings. The lowest BCUT2D eigenvalue weighted by Gasteiger charge is -2.38. The molecule has 2 amide bonds. The van der Waals surface area contributed by atoms with E-state index in [9.17, 15) is 4.79 Å². The third-order valence-corrected chi connectivity index (χ3v) is 5.01. The molecule has 140 valence electrons. The molecule has 3 rings (SSSR count). The van der Waals surface area contributed by atoms with E-state index in [2.05, 4.69) is 22.0 Å². The van der Waals surface area contributed by atoms with Crippen LogP contribution in [-0.4, -0.2) is 70.6 Å². The number of benzene rings is 1. The highest BCUT2D eigenvalue weighted by Gasteiger charge is 2.28. The number of nitrogens with zero attached hydrogens (tertiary/aromatic N) is 5. The number of amides is 2. The molecule has 1 aromatic heterocycles. The van der Waals surface area contributed by atoms with Gasteiger partial charge in [0.2, 0.25) is 0 Å². The molecule has 2 aromatic rings. The van der Waals surface area contributed by atoms with Crippen molar-refractivity contribution in [3.05, 3.63) is 35.7 Å². The molecule has 1 aliphatic heterocycles. The molecule has 1 atom stereocenters. The topological polar surface area (TPSA) is 65.7 Å². The number of aromatic nitrogens is 2. The lowest BCUT2D eigenvalue weighted by Crippen LogP contribution is -2.52. The Labute approximate surface area is 154 Å². The van der Waals surface area contributed by atoms with Crippen molar-refractivity contribution in [2.24, 2.45) is 0 Å². The van der Waals surface area contributed by atoms with E-state index in [0.29, 0.717) is 11.7 Å². The number of piperazine rings is 1. The van der Waals surface area contributed by atoms with Gasteiger partial charge in [0.25, 0.3) is 5.89 Å². The van der Waals surface area contributed by atoms with Crippen LogP contribution in [0.25, 0.3) is 11.5 Å². The molecule has 0 spiro atoms. The minimum absolute atomic E-state index is 0.0541. The molecule has 0 unspecified atom stereocenters. The first-order valence-electron chi connectivity index (χ1n) is 9.14. The zero-order chi connectivity index (χ0) is 18.7. The highest BCUT2D eigenvalue weighted by molar-refractivity contribution is 5.74. The van der Waals surface area contributed by atoms with Crippen molar-refractivity contribution in [2.45, 2.75) is 26.8 Å². The maximum Gasteiger partial charge on any atom is 0.319 e. The predicted octanol–water partition coefficient (Wildman–Crippen LogP) is 2.80. The third-order valence-electron chi connectivity index (χ3n) is 5.01. The van der Waals surface area contributed by atoms with Crippen LogP contribution in [0, 0.1) is 6.92 Å². The maximum atomic E-state index is 12.3. The van der Waals surface area contributed by atoms with Crippen LogP contribution in [0.2, 0.25) is 0 Å². The molecule has 1 saturated heterocycles. The predicted molar refractivity (Wildman–Crippen MR) is 99.7 cm³/mol. The van der Waals surface area contributed by atoms with Crippen molar-refractivity contribution in [2.75, 3.05) is 39.8 Å². The van der Waals surface area contributed by atoms with Crippen LogP contribution in [0.4, 0.5) is 4.79 Å². The Kier molecular flexibility index (Phi) is 5.56. The summed E-state index contributed by atoms with van der Waals surface area (Å²) in [4.78, 5) is 22.8. The van der Waals surface area contributed by atoms with Gasteiger partial charge in [0, 0.05) is 45.3 Å². The number of hydrogen-bond donors (Lipinski definition) is 0. The van der Waals surface area contributed by atoms with Crippen molar-refractivity contribution < 1.29 is 9.32 Å². The average molecular weight is 357 g/mol. The van der Waals surface area contributed by atoms with E-state index >= 15 is 0 Å². The van der Waals surface area contributed by atoms with Crippen LogP contribution in [-0.2, 0) is 0 Å². The minimum Gasteiger partial charge on any atom is -0.334 e. The molecular formula is C19H27N5O2. The van der Waals surface area contributed by atoms with Crippen molar-refractivity contribution in [3.63, 3.8) is 0 Å². The average Bonchev–Trinajstić information content (AvgIpc) is 3.16. The molecule has 1 aliphatic rings. The number of carbonyl (C=O) groups is 1. The quantitative estimate of drug-likeness (QED) is 0.842. The minimum atomic E-state index is 0.0541. The number of urea groups is 1. The molecule has 26 heavy (non-hydrogen) atoms. The Balaban J connectivity index is 1.62. The van der Waals surface area contributed by atoms with Crippen LogP contribution in [0.1, 0.15) is 31.3 Å². The van der Waals surface area contributed by atoms with Gasteiger partial charge in [0.05, 0.1) is 6.04 Å². The van der Waals surface area contributed by atoms with Crippen molar-refractivity contribution in [1.29, 1.82) is 0 Å². The van der Waals surface area contributed by atoms with Gasteiger partial charge in [-0.15, -0.1) is 0 Å². The zero-order valence-corrected chi connectivity index (χ0v) is 16.0. The molecule has 7 nitrogen and oxygen atoms in total. The van der Waals surface area contributed by atoms with E-state index in [4.69, 9.17) is 4.52 Å². The fraction of sp³-hybridized carbons (Fsp3) is 0.526. The standard InChI is InChI=1S/C19H27N5O2/c1-5-22(4)19(25)24-11-9-23(10-12-24)15(3)17-20-18(26-21-17)16-8-6-7-14(2)13-16/h6-8,13,15H,5,9-12H2,1-4H3/t15-/m0/s1. The Bertz CT molecular complexity index is 752. The molecule has 0 bridgehead atoms. The second kappa shape index (κ2) is 7.86. The maximum absolute atomic E-state index is 12.3. The number of hydrogen-bond acceptors (Lipinski definition) is 5. The third kappa shape index (κ3) is 3.88. The summed E-state index contributed by atoms with van der Waals surface area (Å²) in [7, 11) is 1.84. The summed E-state index contributed by atoms with van der Waals surface area (Å²) in [5, 5.41) is 4.18. The zero-order valence-electron chi connectivity index (χ0n) is 16.0. The van der Waals surface area contributed by atoms with Gasteiger partial charge >= 0.3 is 6.03 Å². The molecule has 0 N–H and O–H groups in total. The first kappa shape index (κ1) is 18.4. The van der Waals surface area contributed by atoms with Gasteiger partial charge in [-0.3, -0.25) is 4.90 Å². The van der Waals surface area contributed by atoms with E-state index in [-0.39, 0.29) is 12.1 Å². The van der Waals surface area contributed by atoms with Crippen molar-refractivity contribution in [1.82, 2.24) is 24.8 Å². The smallest absolute Gasteiger partial charge is 0.319 e. The first-order valence-corrected chi connectivity index (χ1v) is 9.14. The Morgan fingerprint density at radius 2 is 2.04 bits per heavy atom. The fourth-order valence-corrected chi connectivity index (χ4v) is 3.14. The highest BCUT2D eigenvalue weighted by atomic mass is 16.5. The number of carbonyl (C=O) groups excluding carboxylic acids is 1. The SMILES string of the molecule is CCN(C)C(=O)N1CCN([C@@H](C)c2noc(-c3cccc(C)c3)n2)CC1. The number of aryl methyl sites for hydroxylation is 1. The van der Waals surface area contributed by atoms with Crippen LogP contribution >= 0.6 is 0 Å². The van der Waals surface area contributed by atoms with Crippen molar-refractivity contribution in [3.8, 4) is 11.5 Å². The summed E-state index contributed by atoms with van der Waals surface area (Å²) >= 11 is 0. The van der Waals surface area contributed by atoms with Gasteiger partial charge in [0.15, 0.2) is 5.82 Å². The van der Waals surface area contributed by atoms with E-state index in [1.54, 1.807) is 4.90 Å². The van der Waals surface area contributed by atoms with Gasteiger partial charge in [0.1, 0.15) is 0 Å². The van der Waals surface area contributed by atoms with Crippen LogP contribution in [0.15, 0.2) is 28.8 Å². The monoisotopic (exact) mass is 357 g/mol. The summed E-state index contributed by atoms with van der Waals surface area (Å²) in [6.45, 7) is 9.88. The van der Waals surface area contributed by atoms with Gasteiger partial charge in [-0.25, -0.2) is 4.79 Å². The van der Waals surface area contributed by atoms with Gasteiger partial charge in [-0.2, -0.15) is 4.98 Å². The molecule has 1 aromatic carbocycles. The van der Waals surface area contributed by atoms with Crippen LogP contribution in [0.3, 0.4) is 0 Å². The summed E-state index contributed by atoms with van der Waals surface area (Å²) in [6, 6.07) is 8.20. The summed E-state index contributed by atoms with van der Waals surface area (Å²) < 4.78 is 5.46. The van der Waals surface area contributed by atoms with E-state index < -0.39 is 0 Å². The van der Waals surface area contributed by atoms with E-state index in [1.165, 1.54) is 0 Å². The fourth-order valence-electron chi connectivity index (χ4n) is 3.14. The largest absolute Gasteiger partial charge is 0.334 e. The molecule has 0 radical (unpaired) electrons. The Morgan fingerprint density at radius 1 is 1.31 bits per heavy atom. The second-order valence-electron chi connectivity index (χ2n) is 6.82. The molecule has 0 saturated carbocycles. The van der Waals surface area contributed by atoms with Crippen LogP contribution in [0.5, 0.6) is 0 Å². The van der Waals surface area contributed by atoms with E-state index in [0.717, 1.165) is 43.9 Å². The van der Waals surface area contributed by atoms with Crippen LogP contribution < -0.4 is 0 Å². The first-order chi connectivity index (χ1) is 12.5. The molecular weight excluding hydrogens is 330 g/mol. The lowest BCUT2D eigenvalue weighted by molar-refractivity contribution is 0.0966. The number of rotatable bonds is 4. The van der Waals surface area contributed by atoms with Gasteiger partial charge in [-0.05, 0) is 32.9 Å². The van der Waals surface area contributed by atoms with E-state index in [1.807, 2.05) is 50.1 Å². The van der Waals surface area contributed by atoms with Gasteiger partial charge in [-0.1, -0.05) is 22.9 Å². The van der Waals surface area contributed by atoms with Gasteiger partial charge < -0.3 is 14.3 Å². The Hall–Kier alpha value is -2.41. The van der Waals surface area contributed by atoms with Crippen molar-refractivity contribution >= 4 is 6.03 Å². The molecule has 7 heteroatoms.